The van der Waals surface area contributed by atoms with E-state index in [9.17, 15) is 4.79 Å². The molecule has 2 aliphatic heterocycles. The third-order valence-corrected chi connectivity index (χ3v) is 7.02. The summed E-state index contributed by atoms with van der Waals surface area (Å²) < 4.78 is 5.50. The molecule has 2 aromatic rings. The molecule has 0 N–H and O–H groups in total. The lowest BCUT2D eigenvalue weighted by atomic mass is 9.95. The molecule has 2 heterocycles. The van der Waals surface area contributed by atoms with Gasteiger partial charge in [0.05, 0.1) is 18.7 Å². The number of rotatable bonds is 5. The summed E-state index contributed by atoms with van der Waals surface area (Å²) in [5, 5.41) is 1.38. The van der Waals surface area contributed by atoms with Crippen molar-refractivity contribution in [1.29, 1.82) is 0 Å². The van der Waals surface area contributed by atoms with Crippen LogP contribution < -0.4 is 9.64 Å². The molecule has 1 amide bonds. The first kappa shape index (κ1) is 22.3. The van der Waals surface area contributed by atoms with Gasteiger partial charge in [-0.2, -0.15) is 0 Å². The van der Waals surface area contributed by atoms with Crippen LogP contribution in [0.25, 0.3) is 0 Å². The molecule has 2 fully saturated rings. The number of halogens is 2. The van der Waals surface area contributed by atoms with Gasteiger partial charge in [-0.25, -0.2) is 0 Å². The van der Waals surface area contributed by atoms with Crippen LogP contribution in [-0.2, 0) is 11.3 Å². The second-order valence-corrected chi connectivity index (χ2v) is 9.07. The Morgan fingerprint density at radius 1 is 1.00 bits per heavy atom. The fourth-order valence-corrected chi connectivity index (χ4v) is 5.14. The number of carbonyl (C=O) groups excluding carboxylic acids is 1. The van der Waals surface area contributed by atoms with Crippen molar-refractivity contribution in [2.45, 2.75) is 19.4 Å². The molecule has 0 spiro atoms. The second kappa shape index (κ2) is 10.1. The molecule has 7 heteroatoms. The van der Waals surface area contributed by atoms with Gasteiger partial charge < -0.3 is 14.5 Å². The number of likely N-dealkylation sites (tertiary alicyclic amines) is 1. The van der Waals surface area contributed by atoms with Gasteiger partial charge in [0.25, 0.3) is 0 Å². The van der Waals surface area contributed by atoms with E-state index in [0.29, 0.717) is 16.6 Å². The van der Waals surface area contributed by atoms with E-state index < -0.39 is 0 Å². The fourth-order valence-electron chi connectivity index (χ4n) is 4.62. The van der Waals surface area contributed by atoms with Crippen molar-refractivity contribution in [1.82, 2.24) is 9.80 Å². The normalized spacial score (nSPS) is 20.0. The minimum atomic E-state index is 0.0350. The average molecular weight is 462 g/mol. The Labute approximate surface area is 194 Å². The molecule has 1 atom stereocenters. The molecule has 5 nitrogen and oxygen atoms in total. The summed E-state index contributed by atoms with van der Waals surface area (Å²) in [4.78, 5) is 19.9. The number of para-hydroxylation sites is 2. The summed E-state index contributed by atoms with van der Waals surface area (Å²) in [6.07, 6.45) is 1.96. The number of carbonyl (C=O) groups is 1. The van der Waals surface area contributed by atoms with E-state index in [1.807, 2.05) is 41.3 Å². The van der Waals surface area contributed by atoms with E-state index in [1.54, 1.807) is 7.11 Å². The third-order valence-electron chi connectivity index (χ3n) is 6.32. The Hall–Kier alpha value is -1.95. The monoisotopic (exact) mass is 461 g/mol. The number of benzene rings is 2. The smallest absolute Gasteiger partial charge is 0.227 e. The molecule has 0 unspecified atom stereocenters. The number of hydrogen-bond acceptors (Lipinski definition) is 4. The molecule has 0 aromatic heterocycles. The number of amides is 1. The van der Waals surface area contributed by atoms with E-state index in [4.69, 9.17) is 27.9 Å². The van der Waals surface area contributed by atoms with Crippen molar-refractivity contribution in [2.24, 2.45) is 5.92 Å². The fraction of sp³-hybridized carbons (Fsp3) is 0.458. The van der Waals surface area contributed by atoms with Crippen molar-refractivity contribution in [3.63, 3.8) is 0 Å². The minimum absolute atomic E-state index is 0.0350. The number of ether oxygens (including phenoxy) is 1. The van der Waals surface area contributed by atoms with Gasteiger partial charge in [0.2, 0.25) is 5.91 Å². The first-order chi connectivity index (χ1) is 15.1. The number of methoxy groups -OCH3 is 1. The van der Waals surface area contributed by atoms with Crippen molar-refractivity contribution in [2.75, 3.05) is 51.3 Å². The van der Waals surface area contributed by atoms with Gasteiger partial charge in [0.1, 0.15) is 5.75 Å². The Kier molecular flexibility index (Phi) is 7.26. The largest absolute Gasteiger partial charge is 0.495 e. The standard InChI is InChI=1S/C24H29Cl2N3O2/c1-31-23-10-3-2-9-22(23)28-12-14-29(15-13-28)24(30)18-6-5-11-27(16-18)17-19-20(25)7-4-8-21(19)26/h2-4,7-10,18H,5-6,11-17H2,1H3/t18-/m0/s1. The maximum Gasteiger partial charge on any atom is 0.227 e. The molecule has 2 aromatic carbocycles. The predicted molar refractivity (Wildman–Crippen MR) is 126 cm³/mol. The molecule has 0 aliphatic carbocycles. The summed E-state index contributed by atoms with van der Waals surface area (Å²) in [6.45, 7) is 5.52. The number of piperidine rings is 1. The number of hydrogen-bond donors (Lipinski definition) is 0. The quantitative estimate of drug-likeness (QED) is 0.653. The van der Waals surface area contributed by atoms with Gasteiger partial charge in [-0.15, -0.1) is 0 Å². The molecule has 0 bridgehead atoms. The zero-order chi connectivity index (χ0) is 21.8. The van der Waals surface area contributed by atoms with Crippen molar-refractivity contribution >= 4 is 34.8 Å². The second-order valence-electron chi connectivity index (χ2n) is 8.26. The molecule has 0 saturated carbocycles. The first-order valence-electron chi connectivity index (χ1n) is 10.9. The van der Waals surface area contributed by atoms with E-state index in [0.717, 1.165) is 69.1 Å². The van der Waals surface area contributed by atoms with Gasteiger partial charge in [0, 0.05) is 54.9 Å². The van der Waals surface area contributed by atoms with Crippen LogP contribution in [0, 0.1) is 5.92 Å². The summed E-state index contributed by atoms with van der Waals surface area (Å²) in [7, 11) is 1.70. The van der Waals surface area contributed by atoms with E-state index in [-0.39, 0.29) is 11.8 Å². The zero-order valence-electron chi connectivity index (χ0n) is 17.9. The Morgan fingerprint density at radius 3 is 2.42 bits per heavy atom. The Bertz CT molecular complexity index is 895. The molecule has 31 heavy (non-hydrogen) atoms. The van der Waals surface area contributed by atoms with Crippen molar-refractivity contribution in [3.05, 3.63) is 58.1 Å². The lowest BCUT2D eigenvalue weighted by molar-refractivity contribution is -0.137. The number of piperazine rings is 1. The van der Waals surface area contributed by atoms with Crippen LogP contribution in [-0.4, -0.2) is 62.1 Å². The van der Waals surface area contributed by atoms with Crippen LogP contribution in [0.4, 0.5) is 5.69 Å². The maximum absolute atomic E-state index is 13.3. The predicted octanol–water partition coefficient (Wildman–Crippen LogP) is 4.56. The van der Waals surface area contributed by atoms with E-state index in [2.05, 4.69) is 15.9 Å². The lowest BCUT2D eigenvalue weighted by Crippen LogP contribution is -2.52. The molecular weight excluding hydrogens is 433 g/mol. The summed E-state index contributed by atoms with van der Waals surface area (Å²) in [5.41, 5.74) is 2.04. The minimum Gasteiger partial charge on any atom is -0.495 e. The first-order valence-corrected chi connectivity index (χ1v) is 11.6. The highest BCUT2D eigenvalue weighted by molar-refractivity contribution is 6.35. The highest BCUT2D eigenvalue weighted by Crippen LogP contribution is 2.30. The molecular formula is C24H29Cl2N3O2. The molecule has 2 saturated heterocycles. The Balaban J connectivity index is 1.34. The van der Waals surface area contributed by atoms with Crippen LogP contribution in [0.2, 0.25) is 10.0 Å². The van der Waals surface area contributed by atoms with Gasteiger partial charge in [-0.1, -0.05) is 41.4 Å². The Morgan fingerprint density at radius 2 is 1.71 bits per heavy atom. The molecule has 4 rings (SSSR count). The van der Waals surface area contributed by atoms with Crippen LogP contribution in [0.1, 0.15) is 18.4 Å². The SMILES string of the molecule is COc1ccccc1N1CCN(C(=O)[C@H]2CCCN(Cc3c(Cl)cccc3Cl)C2)CC1. The zero-order valence-corrected chi connectivity index (χ0v) is 19.4. The van der Waals surface area contributed by atoms with Crippen LogP contribution in [0.3, 0.4) is 0 Å². The molecule has 166 valence electrons. The summed E-state index contributed by atoms with van der Waals surface area (Å²) in [5.74, 6) is 1.19. The van der Waals surface area contributed by atoms with E-state index in [1.165, 1.54) is 0 Å². The van der Waals surface area contributed by atoms with Crippen LogP contribution >= 0.6 is 23.2 Å². The van der Waals surface area contributed by atoms with Crippen LogP contribution in [0.5, 0.6) is 5.75 Å². The number of anilines is 1. The van der Waals surface area contributed by atoms with Crippen molar-refractivity contribution < 1.29 is 9.53 Å². The van der Waals surface area contributed by atoms with Gasteiger partial charge >= 0.3 is 0 Å². The molecule has 2 aliphatic rings. The lowest BCUT2D eigenvalue weighted by Gasteiger charge is -2.40. The highest BCUT2D eigenvalue weighted by Gasteiger charge is 2.31. The summed E-state index contributed by atoms with van der Waals surface area (Å²) >= 11 is 12.7. The van der Waals surface area contributed by atoms with Gasteiger partial charge in [-0.05, 0) is 43.7 Å². The van der Waals surface area contributed by atoms with Gasteiger partial charge in [-0.3, -0.25) is 9.69 Å². The third kappa shape index (κ3) is 5.11. The van der Waals surface area contributed by atoms with E-state index >= 15 is 0 Å². The maximum atomic E-state index is 13.3. The average Bonchev–Trinajstić information content (AvgIpc) is 2.81. The van der Waals surface area contributed by atoms with Crippen molar-refractivity contribution in [3.8, 4) is 5.75 Å². The molecule has 0 radical (unpaired) electrons. The van der Waals surface area contributed by atoms with Gasteiger partial charge in [0.15, 0.2) is 0 Å². The number of nitrogens with zero attached hydrogens (tertiary/aromatic N) is 3. The summed E-state index contributed by atoms with van der Waals surface area (Å²) in [6, 6.07) is 13.7. The topological polar surface area (TPSA) is 36.0 Å². The van der Waals surface area contributed by atoms with Crippen LogP contribution in [0.15, 0.2) is 42.5 Å². The highest BCUT2D eigenvalue weighted by atomic mass is 35.5.